The van der Waals surface area contributed by atoms with Crippen molar-refractivity contribution >= 4 is 10.9 Å². The van der Waals surface area contributed by atoms with Crippen molar-refractivity contribution in [3.05, 3.63) is 48.7 Å². The van der Waals surface area contributed by atoms with Crippen LogP contribution in [0.3, 0.4) is 0 Å². The van der Waals surface area contributed by atoms with Crippen LogP contribution in [0.4, 0.5) is 0 Å². The van der Waals surface area contributed by atoms with Gasteiger partial charge in [-0.15, -0.1) is 0 Å². The maximum Gasteiger partial charge on any atom is 0.138 e. The van der Waals surface area contributed by atoms with Gasteiger partial charge < -0.3 is 0 Å². The molecular formula is C15H16N4. The second-order valence-electron chi connectivity index (χ2n) is 5.64. The lowest BCUT2D eigenvalue weighted by Crippen LogP contribution is -2.18. The molecule has 19 heavy (non-hydrogen) atoms. The average Bonchev–Trinajstić information content (AvgIpc) is 2.90. The molecule has 0 saturated carbocycles. The van der Waals surface area contributed by atoms with Gasteiger partial charge in [0.15, 0.2) is 0 Å². The van der Waals surface area contributed by atoms with Crippen LogP contribution in [-0.4, -0.2) is 19.7 Å². The molecule has 4 heteroatoms. The zero-order valence-corrected chi connectivity index (χ0v) is 11.3. The lowest BCUT2D eigenvalue weighted by atomic mass is 9.90. The first-order chi connectivity index (χ1) is 9.05. The Morgan fingerprint density at radius 2 is 1.89 bits per heavy atom. The van der Waals surface area contributed by atoms with Gasteiger partial charge >= 0.3 is 0 Å². The van der Waals surface area contributed by atoms with Crippen LogP contribution in [0.1, 0.15) is 26.5 Å². The number of pyridine rings is 1. The van der Waals surface area contributed by atoms with Gasteiger partial charge in [0.2, 0.25) is 0 Å². The molecule has 2 heterocycles. The van der Waals surface area contributed by atoms with Gasteiger partial charge in [0.25, 0.3) is 0 Å². The molecule has 0 fully saturated rings. The molecular weight excluding hydrogens is 236 g/mol. The fourth-order valence-electron chi connectivity index (χ4n) is 2.16. The largest absolute Gasteiger partial charge is 0.250 e. The Balaban J connectivity index is 2.34. The van der Waals surface area contributed by atoms with Crippen LogP contribution < -0.4 is 0 Å². The maximum absolute atomic E-state index is 4.81. The fraction of sp³-hybridized carbons (Fsp3) is 0.267. The van der Waals surface area contributed by atoms with Crippen molar-refractivity contribution in [1.29, 1.82) is 0 Å². The number of para-hydroxylation sites is 1. The fourth-order valence-corrected chi connectivity index (χ4v) is 2.16. The summed E-state index contributed by atoms with van der Waals surface area (Å²) < 4.78 is 1.78. The molecule has 0 N–H and O–H groups in total. The van der Waals surface area contributed by atoms with E-state index in [0.29, 0.717) is 0 Å². The predicted octanol–water partition coefficient (Wildman–Crippen LogP) is 3.11. The standard InChI is InChI=1S/C15H16N4/c1-15(2,3)14-13(19-10-16-9-17-19)8-11-6-4-5-7-12(11)18-14/h4-10H,1-3H3. The average molecular weight is 252 g/mol. The van der Waals surface area contributed by atoms with E-state index >= 15 is 0 Å². The molecule has 0 spiro atoms. The van der Waals surface area contributed by atoms with E-state index in [4.69, 9.17) is 4.98 Å². The molecule has 1 aromatic carbocycles. The van der Waals surface area contributed by atoms with Gasteiger partial charge in [-0.1, -0.05) is 39.0 Å². The number of nitrogens with zero attached hydrogens (tertiary/aromatic N) is 4. The smallest absolute Gasteiger partial charge is 0.138 e. The first-order valence-electron chi connectivity index (χ1n) is 6.31. The Kier molecular flexibility index (Phi) is 2.59. The first kappa shape index (κ1) is 11.8. The minimum absolute atomic E-state index is 0.0503. The van der Waals surface area contributed by atoms with E-state index in [2.05, 4.69) is 43.0 Å². The Labute approximate surface area is 112 Å². The second kappa shape index (κ2) is 4.16. The molecule has 0 saturated heterocycles. The molecule has 0 unspecified atom stereocenters. The van der Waals surface area contributed by atoms with E-state index in [-0.39, 0.29) is 5.41 Å². The van der Waals surface area contributed by atoms with Crippen molar-refractivity contribution in [3.8, 4) is 5.69 Å². The zero-order chi connectivity index (χ0) is 13.5. The normalized spacial score (nSPS) is 11.9. The predicted molar refractivity (Wildman–Crippen MR) is 75.4 cm³/mol. The van der Waals surface area contributed by atoms with Crippen molar-refractivity contribution in [2.45, 2.75) is 26.2 Å². The van der Waals surface area contributed by atoms with Crippen LogP contribution in [0.15, 0.2) is 43.0 Å². The van der Waals surface area contributed by atoms with Crippen molar-refractivity contribution in [3.63, 3.8) is 0 Å². The van der Waals surface area contributed by atoms with Gasteiger partial charge in [0.1, 0.15) is 12.7 Å². The summed E-state index contributed by atoms with van der Waals surface area (Å²) in [6.45, 7) is 6.47. The van der Waals surface area contributed by atoms with Crippen molar-refractivity contribution < 1.29 is 0 Å². The van der Waals surface area contributed by atoms with E-state index in [0.717, 1.165) is 22.3 Å². The van der Waals surface area contributed by atoms with Crippen LogP contribution in [0.25, 0.3) is 16.6 Å². The Morgan fingerprint density at radius 3 is 2.58 bits per heavy atom. The third kappa shape index (κ3) is 2.10. The Hall–Kier alpha value is -2.23. The van der Waals surface area contributed by atoms with Gasteiger partial charge in [0, 0.05) is 10.8 Å². The third-order valence-electron chi connectivity index (χ3n) is 3.08. The topological polar surface area (TPSA) is 43.6 Å². The molecule has 2 aromatic heterocycles. The molecule has 0 amide bonds. The molecule has 0 aliphatic rings. The van der Waals surface area contributed by atoms with Crippen LogP contribution in [-0.2, 0) is 5.41 Å². The SMILES string of the molecule is CC(C)(C)c1nc2ccccc2cc1-n1cncn1. The first-order valence-corrected chi connectivity index (χ1v) is 6.31. The molecule has 3 aromatic rings. The van der Waals surface area contributed by atoms with Crippen LogP contribution >= 0.6 is 0 Å². The highest BCUT2D eigenvalue weighted by Gasteiger charge is 2.22. The summed E-state index contributed by atoms with van der Waals surface area (Å²) in [6, 6.07) is 10.3. The summed E-state index contributed by atoms with van der Waals surface area (Å²) in [5, 5.41) is 5.35. The minimum Gasteiger partial charge on any atom is -0.250 e. The molecule has 0 bridgehead atoms. The van der Waals surface area contributed by atoms with Gasteiger partial charge in [-0.25, -0.2) is 9.67 Å². The van der Waals surface area contributed by atoms with E-state index in [1.54, 1.807) is 17.3 Å². The number of rotatable bonds is 1. The number of hydrogen-bond donors (Lipinski definition) is 0. The summed E-state index contributed by atoms with van der Waals surface area (Å²) in [5.41, 5.74) is 2.97. The van der Waals surface area contributed by atoms with E-state index in [1.165, 1.54) is 0 Å². The third-order valence-corrected chi connectivity index (χ3v) is 3.08. The molecule has 3 rings (SSSR count). The summed E-state index contributed by atoms with van der Waals surface area (Å²) in [5.74, 6) is 0. The summed E-state index contributed by atoms with van der Waals surface area (Å²) in [7, 11) is 0. The quantitative estimate of drug-likeness (QED) is 0.668. The van der Waals surface area contributed by atoms with Crippen LogP contribution in [0, 0.1) is 0 Å². The van der Waals surface area contributed by atoms with E-state index in [1.807, 2.05) is 18.2 Å². The molecule has 0 atom stereocenters. The monoisotopic (exact) mass is 252 g/mol. The molecule has 0 aliphatic heterocycles. The Morgan fingerprint density at radius 1 is 1.11 bits per heavy atom. The molecule has 0 radical (unpaired) electrons. The summed E-state index contributed by atoms with van der Waals surface area (Å²) in [4.78, 5) is 8.84. The van der Waals surface area contributed by atoms with Gasteiger partial charge in [-0.05, 0) is 12.1 Å². The number of benzene rings is 1. The molecule has 0 aliphatic carbocycles. The van der Waals surface area contributed by atoms with Crippen LogP contribution in [0.2, 0.25) is 0 Å². The van der Waals surface area contributed by atoms with Crippen molar-refractivity contribution in [2.75, 3.05) is 0 Å². The highest BCUT2D eigenvalue weighted by atomic mass is 15.3. The highest BCUT2D eigenvalue weighted by molar-refractivity contribution is 5.81. The summed E-state index contributed by atoms with van der Waals surface area (Å²) >= 11 is 0. The number of hydrogen-bond acceptors (Lipinski definition) is 3. The zero-order valence-electron chi connectivity index (χ0n) is 11.3. The van der Waals surface area contributed by atoms with Crippen molar-refractivity contribution in [1.82, 2.24) is 19.7 Å². The summed E-state index contributed by atoms with van der Waals surface area (Å²) in [6.07, 6.45) is 3.25. The number of fused-ring (bicyclic) bond motifs is 1. The number of aromatic nitrogens is 4. The van der Waals surface area contributed by atoms with E-state index < -0.39 is 0 Å². The Bertz CT molecular complexity index is 709. The molecule has 4 nitrogen and oxygen atoms in total. The lowest BCUT2D eigenvalue weighted by Gasteiger charge is -2.21. The lowest BCUT2D eigenvalue weighted by molar-refractivity contribution is 0.564. The van der Waals surface area contributed by atoms with Gasteiger partial charge in [-0.2, -0.15) is 5.10 Å². The van der Waals surface area contributed by atoms with Crippen LogP contribution in [0.5, 0.6) is 0 Å². The minimum atomic E-state index is -0.0503. The highest BCUT2D eigenvalue weighted by Crippen LogP contribution is 2.29. The van der Waals surface area contributed by atoms with Crippen molar-refractivity contribution in [2.24, 2.45) is 0 Å². The maximum atomic E-state index is 4.81. The van der Waals surface area contributed by atoms with Gasteiger partial charge in [0.05, 0.1) is 16.9 Å². The molecule has 96 valence electrons. The van der Waals surface area contributed by atoms with Gasteiger partial charge in [-0.3, -0.25) is 4.98 Å². The second-order valence-corrected chi connectivity index (χ2v) is 5.64. The van der Waals surface area contributed by atoms with E-state index in [9.17, 15) is 0 Å².